The average molecular weight is 128 g/mol. The summed E-state index contributed by atoms with van der Waals surface area (Å²) in [6.07, 6.45) is 2.36. The Bertz CT molecular complexity index is 85.0. The number of hydrogen-bond donors (Lipinski definition) is 1. The minimum absolute atomic E-state index is 0.325. The first-order chi connectivity index (χ1) is 4.33. The number of nitrogens with zero attached hydrogens (tertiary/aromatic N) is 1. The van der Waals surface area contributed by atoms with Crippen LogP contribution in [-0.4, -0.2) is 29.7 Å². The molecule has 9 heavy (non-hydrogen) atoms. The molecule has 1 N–H and O–H groups in total. The van der Waals surface area contributed by atoms with Crippen molar-refractivity contribution in [1.82, 2.24) is 4.90 Å². The molecular weight excluding hydrogens is 114 g/mol. The fraction of sp³-hybridized carbons (Fsp3) is 0.857. The van der Waals surface area contributed by atoms with Gasteiger partial charge in [0, 0.05) is 6.61 Å². The van der Waals surface area contributed by atoms with E-state index in [4.69, 9.17) is 5.11 Å². The van der Waals surface area contributed by atoms with E-state index in [1.807, 2.05) is 4.90 Å². The first kappa shape index (κ1) is 7.03. The van der Waals surface area contributed by atoms with E-state index in [-0.39, 0.29) is 0 Å². The van der Waals surface area contributed by atoms with E-state index < -0.39 is 0 Å². The molecule has 0 bridgehead atoms. The lowest BCUT2D eigenvalue weighted by molar-refractivity contribution is 0.148. The van der Waals surface area contributed by atoms with Crippen molar-refractivity contribution in [3.05, 3.63) is 7.05 Å². The second kappa shape index (κ2) is 3.18. The van der Waals surface area contributed by atoms with Crippen molar-refractivity contribution in [2.45, 2.75) is 12.8 Å². The molecule has 1 aliphatic heterocycles. The van der Waals surface area contributed by atoms with Crippen molar-refractivity contribution < 1.29 is 5.11 Å². The Morgan fingerprint density at radius 1 is 1.67 bits per heavy atom. The fourth-order valence-electron chi connectivity index (χ4n) is 1.30. The van der Waals surface area contributed by atoms with Crippen molar-refractivity contribution in [3.8, 4) is 0 Å². The molecule has 0 aliphatic carbocycles. The Morgan fingerprint density at radius 3 is 2.89 bits per heavy atom. The van der Waals surface area contributed by atoms with E-state index in [9.17, 15) is 0 Å². The Hall–Kier alpha value is -0.0800. The van der Waals surface area contributed by atoms with Crippen LogP contribution in [0.5, 0.6) is 0 Å². The van der Waals surface area contributed by atoms with E-state index in [0.717, 1.165) is 13.1 Å². The lowest BCUT2D eigenvalue weighted by atomic mass is 10.00. The number of aliphatic hydroxyl groups is 1. The van der Waals surface area contributed by atoms with Gasteiger partial charge in [-0.3, -0.25) is 7.05 Å². The summed E-state index contributed by atoms with van der Waals surface area (Å²) in [6.45, 7) is 2.39. The van der Waals surface area contributed by atoms with Crippen molar-refractivity contribution in [2.24, 2.45) is 5.92 Å². The van der Waals surface area contributed by atoms with Gasteiger partial charge in [0.25, 0.3) is 0 Å². The largest absolute Gasteiger partial charge is 0.459 e. The third-order valence-electron chi connectivity index (χ3n) is 1.86. The molecule has 0 aromatic rings. The van der Waals surface area contributed by atoms with E-state index in [1.165, 1.54) is 12.8 Å². The maximum Gasteiger partial charge on any atom is 0.0470 e. The summed E-state index contributed by atoms with van der Waals surface area (Å²) < 4.78 is 0. The van der Waals surface area contributed by atoms with E-state index >= 15 is 0 Å². The number of aliphatic hydroxyl groups excluding tert-OH is 1. The maximum absolute atomic E-state index is 8.75. The molecule has 54 valence electrons. The monoisotopic (exact) mass is 128 g/mol. The Kier molecular flexibility index (Phi) is 2.49. The van der Waals surface area contributed by atoms with Crippen molar-refractivity contribution in [3.63, 3.8) is 0 Å². The van der Waals surface area contributed by atoms with Gasteiger partial charge in [0.05, 0.1) is 0 Å². The summed E-state index contributed by atoms with van der Waals surface area (Å²) in [5.41, 5.74) is 0. The number of piperidine rings is 1. The van der Waals surface area contributed by atoms with E-state index in [0.29, 0.717) is 12.5 Å². The minimum atomic E-state index is 0.325. The summed E-state index contributed by atoms with van der Waals surface area (Å²) in [7, 11) is 3.82. The minimum Gasteiger partial charge on any atom is -0.459 e. The molecule has 1 heterocycles. The Labute approximate surface area is 56.5 Å². The number of hydrogen-bond acceptors (Lipinski definition) is 2. The van der Waals surface area contributed by atoms with Crippen molar-refractivity contribution in [1.29, 1.82) is 0 Å². The van der Waals surface area contributed by atoms with E-state index in [1.54, 1.807) is 0 Å². The van der Waals surface area contributed by atoms with Crippen LogP contribution in [0.2, 0.25) is 0 Å². The highest BCUT2D eigenvalue weighted by molar-refractivity contribution is 4.70. The smallest absolute Gasteiger partial charge is 0.0470 e. The quantitative estimate of drug-likeness (QED) is 0.519. The van der Waals surface area contributed by atoms with Crippen LogP contribution < -0.4 is 0 Å². The molecule has 0 spiro atoms. The second-order valence-electron chi connectivity index (χ2n) is 2.77. The van der Waals surface area contributed by atoms with Crippen LogP contribution in [0.3, 0.4) is 0 Å². The molecular formula is C7H14NO-. The van der Waals surface area contributed by atoms with Gasteiger partial charge in [0.2, 0.25) is 0 Å². The number of rotatable bonds is 1. The fourth-order valence-corrected chi connectivity index (χ4v) is 1.30. The van der Waals surface area contributed by atoms with Gasteiger partial charge in [-0.15, -0.1) is 0 Å². The highest BCUT2D eigenvalue weighted by atomic mass is 16.3. The van der Waals surface area contributed by atoms with Gasteiger partial charge >= 0.3 is 0 Å². The normalized spacial score (nSPS) is 30.7. The predicted molar refractivity (Wildman–Crippen MR) is 36.7 cm³/mol. The Balaban J connectivity index is 2.23. The lowest BCUT2D eigenvalue weighted by Crippen LogP contribution is -2.32. The molecule has 0 aromatic heterocycles. The molecule has 0 radical (unpaired) electrons. The third-order valence-corrected chi connectivity index (χ3v) is 1.86. The number of likely N-dealkylation sites (tertiary alicyclic amines) is 1. The highest BCUT2D eigenvalue weighted by Gasteiger charge is 2.11. The van der Waals surface area contributed by atoms with Gasteiger partial charge in [0.15, 0.2) is 0 Å². The zero-order valence-corrected chi connectivity index (χ0v) is 5.71. The lowest BCUT2D eigenvalue weighted by Gasteiger charge is -2.34. The molecule has 1 aliphatic rings. The molecule has 1 saturated heterocycles. The molecule has 1 rings (SSSR count). The molecule has 2 nitrogen and oxygen atoms in total. The highest BCUT2D eigenvalue weighted by Crippen LogP contribution is 2.13. The van der Waals surface area contributed by atoms with Crippen LogP contribution in [0.25, 0.3) is 0 Å². The standard InChI is InChI=1S/C7H14NO/c1-8-4-2-3-7(5-8)6-9/h7,9H,1-6H2/q-1/t7-/m0/s1. The molecule has 1 atom stereocenters. The van der Waals surface area contributed by atoms with Crippen LogP contribution in [0.4, 0.5) is 0 Å². The molecule has 0 unspecified atom stereocenters. The van der Waals surface area contributed by atoms with Gasteiger partial charge in [-0.1, -0.05) is 0 Å². The summed E-state index contributed by atoms with van der Waals surface area (Å²) in [5, 5.41) is 8.75. The summed E-state index contributed by atoms with van der Waals surface area (Å²) in [4.78, 5) is 2.03. The third kappa shape index (κ3) is 1.95. The van der Waals surface area contributed by atoms with Crippen LogP contribution in [0.15, 0.2) is 0 Å². The molecule has 0 amide bonds. The Morgan fingerprint density at radius 2 is 2.44 bits per heavy atom. The van der Waals surface area contributed by atoms with Crippen molar-refractivity contribution in [2.75, 3.05) is 19.7 Å². The first-order valence-electron chi connectivity index (χ1n) is 3.49. The summed E-state index contributed by atoms with van der Waals surface area (Å²) >= 11 is 0. The van der Waals surface area contributed by atoms with Crippen molar-refractivity contribution >= 4 is 0 Å². The van der Waals surface area contributed by atoms with Gasteiger partial charge in [0.1, 0.15) is 0 Å². The zero-order chi connectivity index (χ0) is 6.69. The van der Waals surface area contributed by atoms with Gasteiger partial charge in [-0.05, 0) is 31.8 Å². The van der Waals surface area contributed by atoms with Crippen LogP contribution in [0.1, 0.15) is 12.8 Å². The van der Waals surface area contributed by atoms with Gasteiger partial charge in [-0.2, -0.15) is 0 Å². The summed E-state index contributed by atoms with van der Waals surface area (Å²) in [6, 6.07) is 0. The van der Waals surface area contributed by atoms with Gasteiger partial charge in [-0.25, -0.2) is 0 Å². The van der Waals surface area contributed by atoms with Crippen LogP contribution in [-0.2, 0) is 0 Å². The SMILES string of the molecule is [CH2-]N1CCC[C@H](CO)C1. The summed E-state index contributed by atoms with van der Waals surface area (Å²) in [5.74, 6) is 0.483. The molecule has 0 aromatic carbocycles. The van der Waals surface area contributed by atoms with Crippen LogP contribution in [0, 0.1) is 13.0 Å². The molecule has 2 heteroatoms. The topological polar surface area (TPSA) is 23.5 Å². The van der Waals surface area contributed by atoms with Crippen LogP contribution >= 0.6 is 0 Å². The predicted octanol–water partition coefficient (Wildman–Crippen LogP) is 0.482. The second-order valence-corrected chi connectivity index (χ2v) is 2.77. The van der Waals surface area contributed by atoms with Gasteiger partial charge < -0.3 is 10.0 Å². The molecule has 0 saturated carbocycles. The molecule has 1 fully saturated rings. The average Bonchev–Trinajstić information content (AvgIpc) is 1.88. The maximum atomic E-state index is 8.75. The zero-order valence-electron chi connectivity index (χ0n) is 5.71. The first-order valence-corrected chi connectivity index (χ1v) is 3.49. The van der Waals surface area contributed by atoms with E-state index in [2.05, 4.69) is 7.05 Å².